The van der Waals surface area contributed by atoms with Crippen LogP contribution in [0, 0.1) is 5.92 Å². The molecule has 1 heterocycles. The number of benzene rings is 1. The summed E-state index contributed by atoms with van der Waals surface area (Å²) >= 11 is 0. The van der Waals surface area contributed by atoms with Crippen molar-refractivity contribution < 1.29 is 14.7 Å². The highest BCUT2D eigenvalue weighted by atomic mass is 16.4. The van der Waals surface area contributed by atoms with E-state index in [0.717, 1.165) is 5.69 Å². The van der Waals surface area contributed by atoms with Gasteiger partial charge in [-0.15, -0.1) is 0 Å². The molecule has 1 aromatic carbocycles. The molecular weight excluding hydrogens is 270 g/mol. The van der Waals surface area contributed by atoms with E-state index in [1.54, 1.807) is 24.7 Å². The van der Waals surface area contributed by atoms with Crippen LogP contribution in [0.1, 0.15) is 24.2 Å². The van der Waals surface area contributed by atoms with Crippen LogP contribution < -0.4 is 5.32 Å². The lowest BCUT2D eigenvalue weighted by Crippen LogP contribution is -2.44. The van der Waals surface area contributed by atoms with Gasteiger partial charge in [-0.25, -0.2) is 9.48 Å². The van der Waals surface area contributed by atoms with Gasteiger partial charge in [-0.1, -0.05) is 32.0 Å². The molecule has 0 spiro atoms. The molecule has 0 aliphatic carbocycles. The minimum atomic E-state index is -1.05. The van der Waals surface area contributed by atoms with Crippen molar-refractivity contribution in [1.82, 2.24) is 15.1 Å². The van der Waals surface area contributed by atoms with Crippen molar-refractivity contribution in [1.29, 1.82) is 0 Å². The van der Waals surface area contributed by atoms with Gasteiger partial charge in [-0.2, -0.15) is 5.10 Å². The van der Waals surface area contributed by atoms with Crippen LogP contribution in [-0.4, -0.2) is 32.8 Å². The van der Waals surface area contributed by atoms with Gasteiger partial charge in [0, 0.05) is 6.20 Å². The van der Waals surface area contributed by atoms with Crippen LogP contribution >= 0.6 is 0 Å². The maximum atomic E-state index is 12.1. The number of nitrogens with zero attached hydrogens (tertiary/aromatic N) is 2. The molecule has 0 bridgehead atoms. The summed E-state index contributed by atoms with van der Waals surface area (Å²) < 4.78 is 1.57. The zero-order valence-corrected chi connectivity index (χ0v) is 11.9. The monoisotopic (exact) mass is 287 g/mol. The molecule has 1 atom stereocenters. The second-order valence-corrected chi connectivity index (χ2v) is 5.04. The van der Waals surface area contributed by atoms with Crippen LogP contribution in [0.2, 0.25) is 0 Å². The highest BCUT2D eigenvalue weighted by molar-refractivity contribution is 5.96. The van der Waals surface area contributed by atoms with E-state index in [0.29, 0.717) is 5.56 Å². The van der Waals surface area contributed by atoms with E-state index in [1.165, 1.54) is 6.20 Å². The first-order chi connectivity index (χ1) is 9.99. The zero-order chi connectivity index (χ0) is 15.4. The van der Waals surface area contributed by atoms with E-state index >= 15 is 0 Å². The summed E-state index contributed by atoms with van der Waals surface area (Å²) in [6.07, 6.45) is 2.99. The maximum Gasteiger partial charge on any atom is 0.326 e. The van der Waals surface area contributed by atoms with E-state index in [4.69, 9.17) is 5.11 Å². The first-order valence-electron chi connectivity index (χ1n) is 6.63. The van der Waals surface area contributed by atoms with Crippen LogP contribution in [0.4, 0.5) is 0 Å². The Morgan fingerprint density at radius 3 is 2.48 bits per heavy atom. The summed E-state index contributed by atoms with van der Waals surface area (Å²) in [5.41, 5.74) is 1.15. The van der Waals surface area contributed by atoms with Crippen LogP contribution in [0.25, 0.3) is 5.69 Å². The molecule has 0 fully saturated rings. The third-order valence-electron chi connectivity index (χ3n) is 3.08. The van der Waals surface area contributed by atoms with Crippen LogP contribution in [0.5, 0.6) is 0 Å². The average Bonchev–Trinajstić information content (AvgIpc) is 2.94. The summed E-state index contributed by atoms with van der Waals surface area (Å²) in [4.78, 5) is 23.2. The third kappa shape index (κ3) is 3.47. The summed E-state index contributed by atoms with van der Waals surface area (Å²) in [5.74, 6) is -1.69. The highest BCUT2D eigenvalue weighted by Crippen LogP contribution is 2.09. The van der Waals surface area contributed by atoms with Gasteiger partial charge in [0.2, 0.25) is 0 Å². The van der Waals surface area contributed by atoms with Crippen LogP contribution in [0.3, 0.4) is 0 Å². The van der Waals surface area contributed by atoms with Gasteiger partial charge < -0.3 is 10.4 Å². The first-order valence-corrected chi connectivity index (χ1v) is 6.63. The van der Waals surface area contributed by atoms with Crippen molar-refractivity contribution in [3.8, 4) is 5.69 Å². The number of amides is 1. The van der Waals surface area contributed by atoms with E-state index in [2.05, 4.69) is 10.4 Å². The third-order valence-corrected chi connectivity index (χ3v) is 3.08. The fourth-order valence-electron chi connectivity index (χ4n) is 1.90. The number of carbonyl (C=O) groups excluding carboxylic acids is 1. The molecule has 0 saturated heterocycles. The first kappa shape index (κ1) is 14.8. The van der Waals surface area contributed by atoms with E-state index in [-0.39, 0.29) is 5.92 Å². The molecule has 2 N–H and O–H groups in total. The molecule has 1 amide bonds. The zero-order valence-electron chi connectivity index (χ0n) is 11.9. The van der Waals surface area contributed by atoms with Crippen molar-refractivity contribution in [3.63, 3.8) is 0 Å². The molecule has 110 valence electrons. The highest BCUT2D eigenvalue weighted by Gasteiger charge is 2.24. The normalized spacial score (nSPS) is 12.1. The van der Waals surface area contributed by atoms with Crippen LogP contribution in [-0.2, 0) is 4.79 Å². The van der Waals surface area contributed by atoms with E-state index in [9.17, 15) is 9.59 Å². The number of nitrogens with one attached hydrogen (secondary N) is 1. The number of carbonyl (C=O) groups is 2. The topological polar surface area (TPSA) is 84.2 Å². The molecule has 0 aliphatic rings. The quantitative estimate of drug-likeness (QED) is 0.876. The summed E-state index contributed by atoms with van der Waals surface area (Å²) in [5, 5.41) is 15.7. The second-order valence-electron chi connectivity index (χ2n) is 5.04. The largest absolute Gasteiger partial charge is 0.480 e. The van der Waals surface area contributed by atoms with E-state index < -0.39 is 17.9 Å². The Labute approximate surface area is 122 Å². The Morgan fingerprint density at radius 2 is 1.90 bits per heavy atom. The summed E-state index contributed by atoms with van der Waals surface area (Å²) in [7, 11) is 0. The lowest BCUT2D eigenvalue weighted by Gasteiger charge is -2.17. The number of para-hydroxylation sites is 1. The van der Waals surface area contributed by atoms with Crippen molar-refractivity contribution in [2.24, 2.45) is 5.92 Å². The van der Waals surface area contributed by atoms with Crippen LogP contribution in [0.15, 0.2) is 42.7 Å². The van der Waals surface area contributed by atoms with Gasteiger partial charge in [-0.05, 0) is 18.1 Å². The second kappa shape index (κ2) is 6.21. The number of aliphatic carboxylic acids is 1. The van der Waals surface area contributed by atoms with Gasteiger partial charge in [0.25, 0.3) is 5.91 Å². The van der Waals surface area contributed by atoms with Gasteiger partial charge in [0.1, 0.15) is 6.04 Å². The van der Waals surface area contributed by atoms with Gasteiger partial charge in [-0.3, -0.25) is 4.79 Å². The van der Waals surface area contributed by atoms with Crippen molar-refractivity contribution in [2.75, 3.05) is 0 Å². The molecule has 21 heavy (non-hydrogen) atoms. The Bertz CT molecular complexity index is 635. The fourth-order valence-corrected chi connectivity index (χ4v) is 1.90. The molecule has 1 aromatic heterocycles. The van der Waals surface area contributed by atoms with Crippen molar-refractivity contribution in [2.45, 2.75) is 19.9 Å². The Morgan fingerprint density at radius 1 is 1.24 bits per heavy atom. The Balaban J connectivity index is 2.14. The number of rotatable bonds is 5. The molecule has 0 saturated carbocycles. The standard InChI is InChI=1S/C15H17N3O3/c1-10(2)13(15(20)21)17-14(19)11-8-16-18(9-11)12-6-4-3-5-7-12/h3-10,13H,1-2H3,(H,17,19)(H,20,21). The molecule has 2 aromatic rings. The van der Waals surface area contributed by atoms with E-state index in [1.807, 2.05) is 30.3 Å². The van der Waals surface area contributed by atoms with Gasteiger partial charge >= 0.3 is 5.97 Å². The predicted molar refractivity (Wildman–Crippen MR) is 77.3 cm³/mol. The molecule has 1 unspecified atom stereocenters. The Hall–Kier alpha value is -2.63. The number of carboxylic acids is 1. The SMILES string of the molecule is CC(C)C(NC(=O)c1cnn(-c2ccccc2)c1)C(=O)O. The number of carboxylic acid groups (broad SMARTS) is 1. The minimum absolute atomic E-state index is 0.199. The van der Waals surface area contributed by atoms with Crippen molar-refractivity contribution >= 4 is 11.9 Å². The van der Waals surface area contributed by atoms with Gasteiger partial charge in [0.05, 0.1) is 17.4 Å². The molecule has 6 heteroatoms. The Kier molecular flexibility index (Phi) is 4.37. The molecule has 0 aliphatic heterocycles. The van der Waals surface area contributed by atoms with Crippen molar-refractivity contribution in [3.05, 3.63) is 48.3 Å². The summed E-state index contributed by atoms with van der Waals surface area (Å²) in [6.45, 7) is 3.49. The average molecular weight is 287 g/mol. The maximum absolute atomic E-state index is 12.1. The number of aromatic nitrogens is 2. The predicted octanol–water partition coefficient (Wildman–Crippen LogP) is 1.71. The number of hydrogen-bond donors (Lipinski definition) is 2. The fraction of sp³-hybridized carbons (Fsp3) is 0.267. The number of hydrogen-bond acceptors (Lipinski definition) is 3. The lowest BCUT2D eigenvalue weighted by atomic mass is 10.0. The minimum Gasteiger partial charge on any atom is -0.480 e. The molecule has 6 nitrogen and oxygen atoms in total. The molecule has 0 radical (unpaired) electrons. The smallest absolute Gasteiger partial charge is 0.326 e. The summed E-state index contributed by atoms with van der Waals surface area (Å²) in [6, 6.07) is 8.44. The molecule has 2 rings (SSSR count). The molecular formula is C15H17N3O3. The lowest BCUT2D eigenvalue weighted by molar-refractivity contribution is -0.140. The van der Waals surface area contributed by atoms with Gasteiger partial charge in [0.15, 0.2) is 0 Å².